The summed E-state index contributed by atoms with van der Waals surface area (Å²) in [4.78, 5) is 0.972. The maximum absolute atomic E-state index is 9.92. The molecule has 2 nitrogen and oxygen atoms in total. The lowest BCUT2D eigenvalue weighted by Crippen LogP contribution is -2.06. The van der Waals surface area contributed by atoms with Crippen LogP contribution in [0.1, 0.15) is 18.4 Å². The van der Waals surface area contributed by atoms with Gasteiger partial charge in [0.05, 0.1) is 5.60 Å². The molecule has 0 spiro atoms. The van der Waals surface area contributed by atoms with Crippen LogP contribution in [0.4, 0.5) is 0 Å². The highest BCUT2D eigenvalue weighted by atomic mass is 32.2. The summed E-state index contributed by atoms with van der Waals surface area (Å²) in [6, 6.07) is 5.36. The summed E-state index contributed by atoms with van der Waals surface area (Å²) in [7, 11) is 0. The van der Waals surface area contributed by atoms with E-state index in [2.05, 4.69) is 0 Å². The summed E-state index contributed by atoms with van der Waals surface area (Å²) < 4.78 is 0. The van der Waals surface area contributed by atoms with Crippen LogP contribution in [0.15, 0.2) is 23.1 Å². The standard InChI is InChI=1S/C10H12O2S/c1-13-8-4-2-3-7(11)9(8)10(12)5-6-10/h2-4,11-12H,5-6H2,1H3. The van der Waals surface area contributed by atoms with Crippen LogP contribution in [0.5, 0.6) is 5.75 Å². The Morgan fingerprint density at radius 3 is 2.62 bits per heavy atom. The lowest BCUT2D eigenvalue weighted by molar-refractivity contribution is 0.144. The number of phenols is 1. The first-order valence-electron chi connectivity index (χ1n) is 4.26. The summed E-state index contributed by atoms with van der Waals surface area (Å²) in [5.74, 6) is 0.215. The Hall–Kier alpha value is -0.670. The predicted molar refractivity (Wildman–Crippen MR) is 53.0 cm³/mol. The third kappa shape index (κ3) is 1.42. The van der Waals surface area contributed by atoms with E-state index in [0.29, 0.717) is 5.56 Å². The molecule has 0 atom stereocenters. The molecule has 1 aromatic carbocycles. The number of aliphatic hydroxyl groups is 1. The summed E-state index contributed by atoms with van der Waals surface area (Å²) in [5.41, 5.74) is -0.0357. The molecule has 3 heteroatoms. The van der Waals surface area contributed by atoms with Gasteiger partial charge in [0.25, 0.3) is 0 Å². The van der Waals surface area contributed by atoms with Crippen molar-refractivity contribution in [3.05, 3.63) is 23.8 Å². The molecule has 0 aromatic heterocycles. The first-order valence-corrected chi connectivity index (χ1v) is 5.49. The molecule has 0 radical (unpaired) electrons. The molecule has 0 bridgehead atoms. The van der Waals surface area contributed by atoms with Gasteiger partial charge in [0, 0.05) is 10.5 Å². The van der Waals surface area contributed by atoms with Crippen molar-refractivity contribution in [1.82, 2.24) is 0 Å². The zero-order valence-corrected chi connectivity index (χ0v) is 8.27. The van der Waals surface area contributed by atoms with Crippen LogP contribution < -0.4 is 0 Å². The second kappa shape index (κ2) is 2.93. The quantitative estimate of drug-likeness (QED) is 0.712. The molecule has 0 amide bonds. The molecule has 1 aromatic rings. The van der Waals surface area contributed by atoms with Crippen LogP contribution in [-0.2, 0) is 5.60 Å². The number of phenolic OH excluding ortho intramolecular Hbond substituents is 1. The normalized spacial score (nSPS) is 18.6. The minimum atomic E-state index is -0.746. The maximum Gasteiger partial charge on any atom is 0.122 e. The molecular formula is C10H12O2S. The van der Waals surface area contributed by atoms with Gasteiger partial charge in [0.2, 0.25) is 0 Å². The van der Waals surface area contributed by atoms with Gasteiger partial charge in [-0.3, -0.25) is 0 Å². The van der Waals surface area contributed by atoms with Gasteiger partial charge < -0.3 is 10.2 Å². The van der Waals surface area contributed by atoms with Crippen LogP contribution >= 0.6 is 11.8 Å². The van der Waals surface area contributed by atoms with Crippen molar-refractivity contribution in [3.63, 3.8) is 0 Å². The molecular weight excluding hydrogens is 184 g/mol. The SMILES string of the molecule is CSc1cccc(O)c1C1(O)CC1. The zero-order valence-electron chi connectivity index (χ0n) is 7.45. The van der Waals surface area contributed by atoms with E-state index >= 15 is 0 Å². The van der Waals surface area contributed by atoms with Gasteiger partial charge in [0.1, 0.15) is 5.75 Å². The third-order valence-electron chi connectivity index (χ3n) is 2.41. The Morgan fingerprint density at radius 1 is 1.38 bits per heavy atom. The highest BCUT2D eigenvalue weighted by Gasteiger charge is 2.45. The second-order valence-electron chi connectivity index (χ2n) is 3.39. The molecule has 13 heavy (non-hydrogen) atoms. The second-order valence-corrected chi connectivity index (χ2v) is 4.23. The molecule has 0 saturated heterocycles. The van der Waals surface area contributed by atoms with E-state index in [1.807, 2.05) is 12.3 Å². The molecule has 1 fully saturated rings. The van der Waals surface area contributed by atoms with E-state index < -0.39 is 5.60 Å². The Bertz CT molecular complexity index is 332. The molecule has 2 N–H and O–H groups in total. The third-order valence-corrected chi connectivity index (χ3v) is 3.19. The van der Waals surface area contributed by atoms with Gasteiger partial charge in [0.15, 0.2) is 0 Å². The fraction of sp³-hybridized carbons (Fsp3) is 0.400. The maximum atomic E-state index is 9.92. The highest BCUT2D eigenvalue weighted by molar-refractivity contribution is 7.98. The summed E-state index contributed by atoms with van der Waals surface area (Å²) in [6.07, 6.45) is 3.47. The van der Waals surface area contributed by atoms with E-state index in [1.54, 1.807) is 23.9 Å². The number of rotatable bonds is 2. The van der Waals surface area contributed by atoms with Crippen LogP contribution in [0.3, 0.4) is 0 Å². The van der Waals surface area contributed by atoms with E-state index in [9.17, 15) is 10.2 Å². The number of aromatic hydroxyl groups is 1. The van der Waals surface area contributed by atoms with Crippen LogP contribution in [0.25, 0.3) is 0 Å². The monoisotopic (exact) mass is 196 g/mol. The average Bonchev–Trinajstić information content (AvgIpc) is 2.84. The van der Waals surface area contributed by atoms with Crippen LogP contribution in [-0.4, -0.2) is 16.5 Å². The lowest BCUT2D eigenvalue weighted by Gasteiger charge is -2.14. The molecule has 0 aliphatic heterocycles. The number of hydrogen-bond acceptors (Lipinski definition) is 3. The zero-order chi connectivity index (χ0) is 9.47. The van der Waals surface area contributed by atoms with Gasteiger partial charge >= 0.3 is 0 Å². The summed E-state index contributed by atoms with van der Waals surface area (Å²) in [6.45, 7) is 0. The van der Waals surface area contributed by atoms with Crippen LogP contribution in [0.2, 0.25) is 0 Å². The summed E-state index contributed by atoms with van der Waals surface area (Å²) >= 11 is 1.56. The Labute approximate surface area is 81.6 Å². The van der Waals surface area contributed by atoms with E-state index in [0.717, 1.165) is 17.7 Å². The number of benzene rings is 1. The fourth-order valence-electron chi connectivity index (χ4n) is 1.53. The predicted octanol–water partition coefficient (Wildman–Crippen LogP) is 2.10. The Morgan fingerprint density at radius 2 is 2.08 bits per heavy atom. The topological polar surface area (TPSA) is 40.5 Å². The largest absolute Gasteiger partial charge is 0.508 e. The van der Waals surface area contributed by atoms with Crippen molar-refractivity contribution in [2.24, 2.45) is 0 Å². The highest BCUT2D eigenvalue weighted by Crippen LogP contribution is 2.51. The first-order chi connectivity index (χ1) is 6.17. The number of hydrogen-bond donors (Lipinski definition) is 2. The Kier molecular flexibility index (Phi) is 2.00. The van der Waals surface area contributed by atoms with E-state index in [-0.39, 0.29) is 5.75 Å². The lowest BCUT2D eigenvalue weighted by atomic mass is 10.1. The minimum absolute atomic E-state index is 0.215. The Balaban J connectivity index is 2.52. The van der Waals surface area contributed by atoms with Gasteiger partial charge in [-0.2, -0.15) is 0 Å². The summed E-state index contributed by atoms with van der Waals surface area (Å²) in [5, 5.41) is 19.5. The van der Waals surface area contributed by atoms with Gasteiger partial charge in [-0.15, -0.1) is 11.8 Å². The van der Waals surface area contributed by atoms with Crippen molar-refractivity contribution >= 4 is 11.8 Å². The van der Waals surface area contributed by atoms with E-state index in [1.165, 1.54) is 0 Å². The van der Waals surface area contributed by atoms with E-state index in [4.69, 9.17) is 0 Å². The smallest absolute Gasteiger partial charge is 0.122 e. The molecule has 0 unspecified atom stereocenters. The molecule has 1 aliphatic rings. The number of thioether (sulfide) groups is 1. The van der Waals surface area contributed by atoms with Crippen molar-refractivity contribution in [1.29, 1.82) is 0 Å². The average molecular weight is 196 g/mol. The molecule has 70 valence electrons. The van der Waals surface area contributed by atoms with Crippen LogP contribution in [0, 0.1) is 0 Å². The van der Waals surface area contributed by atoms with Gasteiger partial charge in [-0.05, 0) is 31.2 Å². The van der Waals surface area contributed by atoms with Crippen molar-refractivity contribution in [2.45, 2.75) is 23.3 Å². The molecule has 2 rings (SSSR count). The molecule has 1 aliphatic carbocycles. The minimum Gasteiger partial charge on any atom is -0.508 e. The first kappa shape index (κ1) is 8.91. The fourth-order valence-corrected chi connectivity index (χ4v) is 2.24. The van der Waals surface area contributed by atoms with Gasteiger partial charge in [-0.1, -0.05) is 6.07 Å². The molecule has 1 saturated carbocycles. The molecule has 0 heterocycles. The van der Waals surface area contributed by atoms with Crippen molar-refractivity contribution < 1.29 is 10.2 Å². The van der Waals surface area contributed by atoms with Gasteiger partial charge in [-0.25, -0.2) is 0 Å². The van der Waals surface area contributed by atoms with Crippen molar-refractivity contribution in [3.8, 4) is 5.75 Å². The van der Waals surface area contributed by atoms with Crippen molar-refractivity contribution in [2.75, 3.05) is 6.26 Å².